The van der Waals surface area contributed by atoms with Crippen molar-refractivity contribution < 1.29 is 22.8 Å². The number of nitrogens with zero attached hydrogens (tertiary/aromatic N) is 2. The molecule has 2 atom stereocenters. The monoisotopic (exact) mass is 520 g/mol. The van der Waals surface area contributed by atoms with E-state index in [2.05, 4.69) is 4.72 Å². The van der Waals surface area contributed by atoms with Gasteiger partial charge in [-0.05, 0) is 67.1 Å². The van der Waals surface area contributed by atoms with Gasteiger partial charge in [0.05, 0.1) is 4.90 Å². The average molecular weight is 521 g/mol. The molecule has 3 N–H and O–H groups in total. The van der Waals surface area contributed by atoms with Gasteiger partial charge in [-0.3, -0.25) is 14.4 Å². The third kappa shape index (κ3) is 5.94. The first-order valence-corrected chi connectivity index (χ1v) is 13.5. The predicted molar refractivity (Wildman–Crippen MR) is 132 cm³/mol. The number of likely N-dealkylation sites (tertiary alicyclic amines) is 1. The average Bonchev–Trinajstić information content (AvgIpc) is 3.57. The lowest BCUT2D eigenvalue weighted by Gasteiger charge is -2.30. The minimum absolute atomic E-state index is 0.0461. The zero-order chi connectivity index (χ0) is 25.3. The van der Waals surface area contributed by atoms with E-state index in [0.717, 1.165) is 18.2 Å². The summed E-state index contributed by atoms with van der Waals surface area (Å²) < 4.78 is 28.5. The van der Waals surface area contributed by atoms with Gasteiger partial charge in [0.2, 0.25) is 27.7 Å². The lowest BCUT2D eigenvalue weighted by Crippen LogP contribution is -2.51. The van der Waals surface area contributed by atoms with Gasteiger partial charge in [0.1, 0.15) is 12.1 Å². The van der Waals surface area contributed by atoms with E-state index in [0.29, 0.717) is 22.9 Å². The minimum atomic E-state index is -3.97. The normalized spacial score (nSPS) is 19.2. The Kier molecular flexibility index (Phi) is 7.35. The molecule has 9 nitrogen and oxygen atoms in total. The van der Waals surface area contributed by atoms with Gasteiger partial charge < -0.3 is 15.5 Å². The van der Waals surface area contributed by atoms with Gasteiger partial charge in [-0.2, -0.15) is 4.72 Å². The first-order valence-electron chi connectivity index (χ1n) is 11.6. The van der Waals surface area contributed by atoms with E-state index in [1.165, 1.54) is 17.0 Å². The molecule has 0 aromatic heterocycles. The molecule has 0 radical (unpaired) electrons. The number of nitrogens with two attached hydrogens (primary N) is 1. The number of rotatable bonds is 10. The minimum Gasteiger partial charge on any atom is -0.370 e. The summed E-state index contributed by atoms with van der Waals surface area (Å²) in [5.74, 6) is -0.785. The number of nitrogens with one attached hydrogen (secondary N) is 1. The van der Waals surface area contributed by atoms with Crippen LogP contribution < -0.4 is 10.5 Å². The molecule has 2 aromatic rings. The maximum atomic E-state index is 13.1. The molecule has 1 aliphatic heterocycles. The van der Waals surface area contributed by atoms with E-state index >= 15 is 0 Å². The molecule has 1 aliphatic carbocycles. The quantitative estimate of drug-likeness (QED) is 0.494. The van der Waals surface area contributed by atoms with Gasteiger partial charge in [0, 0.05) is 31.1 Å². The van der Waals surface area contributed by atoms with Crippen molar-refractivity contribution in [1.82, 2.24) is 14.5 Å². The molecule has 1 saturated heterocycles. The van der Waals surface area contributed by atoms with Crippen molar-refractivity contribution in [2.45, 2.75) is 49.6 Å². The zero-order valence-electron chi connectivity index (χ0n) is 19.4. The Morgan fingerprint density at radius 2 is 1.86 bits per heavy atom. The lowest BCUT2D eigenvalue weighted by atomic mass is 10.1. The van der Waals surface area contributed by atoms with Crippen molar-refractivity contribution in [1.29, 1.82) is 0 Å². The number of fused-ring (bicyclic) bond motifs is 1. The highest BCUT2D eigenvalue weighted by Gasteiger charge is 2.40. The van der Waals surface area contributed by atoms with Gasteiger partial charge in [0.25, 0.3) is 0 Å². The van der Waals surface area contributed by atoms with Crippen LogP contribution in [-0.2, 0) is 24.4 Å². The second-order valence-corrected chi connectivity index (χ2v) is 11.4. The molecule has 2 fully saturated rings. The highest BCUT2D eigenvalue weighted by atomic mass is 35.5. The summed E-state index contributed by atoms with van der Waals surface area (Å²) in [6.07, 6.45) is 2.37. The Hall–Kier alpha value is -2.69. The van der Waals surface area contributed by atoms with Gasteiger partial charge >= 0.3 is 0 Å². The Balaban J connectivity index is 1.44. The molecule has 1 heterocycles. The molecule has 4 rings (SSSR count). The fourth-order valence-corrected chi connectivity index (χ4v) is 5.80. The van der Waals surface area contributed by atoms with Crippen LogP contribution in [-0.4, -0.2) is 67.7 Å². The van der Waals surface area contributed by atoms with E-state index in [-0.39, 0.29) is 36.7 Å². The summed E-state index contributed by atoms with van der Waals surface area (Å²) in [4.78, 5) is 40.5. The second kappa shape index (κ2) is 10.1. The van der Waals surface area contributed by atoms with Crippen LogP contribution in [0, 0.1) is 5.92 Å². The molecule has 0 unspecified atom stereocenters. The highest BCUT2D eigenvalue weighted by Crippen LogP contribution is 2.30. The summed E-state index contributed by atoms with van der Waals surface area (Å²) in [7, 11) is -3.97. The zero-order valence-corrected chi connectivity index (χ0v) is 21.0. The van der Waals surface area contributed by atoms with Crippen molar-refractivity contribution in [2.75, 3.05) is 19.6 Å². The molecule has 35 heavy (non-hydrogen) atoms. The Labute approximate surface area is 209 Å². The molecule has 2 aliphatic rings. The standard InChI is InChI=1S/C24H29ClN4O5S/c1-15(23(31)28(10-9-22(26)30)14-16-2-3-16)29-11-8-21(24(29)32)27-35(33,34)20-7-5-17-12-19(25)6-4-18(17)13-20/h4-7,12-13,15-16,21,27H,2-3,8-11,14H2,1H3,(H2,26,30)/t15-,21-/m0/s1. The number of halogens is 1. The molecule has 0 spiro atoms. The van der Waals surface area contributed by atoms with Gasteiger partial charge in [0.15, 0.2) is 0 Å². The van der Waals surface area contributed by atoms with Gasteiger partial charge in [-0.15, -0.1) is 0 Å². The number of carbonyl (C=O) groups is 3. The molecular formula is C24H29ClN4O5S. The highest BCUT2D eigenvalue weighted by molar-refractivity contribution is 7.89. The summed E-state index contributed by atoms with van der Waals surface area (Å²) in [5, 5.41) is 2.07. The van der Waals surface area contributed by atoms with Crippen LogP contribution in [0.25, 0.3) is 10.8 Å². The first-order chi connectivity index (χ1) is 16.5. The van der Waals surface area contributed by atoms with Crippen LogP contribution in [0.1, 0.15) is 32.6 Å². The van der Waals surface area contributed by atoms with Crippen molar-refractivity contribution >= 4 is 50.1 Å². The number of carbonyl (C=O) groups excluding carboxylic acids is 3. The Morgan fingerprint density at radius 3 is 2.54 bits per heavy atom. The van der Waals surface area contributed by atoms with Crippen molar-refractivity contribution in [3.05, 3.63) is 41.4 Å². The van der Waals surface area contributed by atoms with E-state index in [1.54, 1.807) is 36.1 Å². The fourth-order valence-electron chi connectivity index (χ4n) is 4.36. The number of benzene rings is 2. The summed E-state index contributed by atoms with van der Waals surface area (Å²) in [5.41, 5.74) is 5.26. The van der Waals surface area contributed by atoms with Crippen molar-refractivity contribution in [3.8, 4) is 0 Å². The second-order valence-electron chi connectivity index (χ2n) is 9.27. The number of amides is 3. The van der Waals surface area contributed by atoms with E-state index in [4.69, 9.17) is 17.3 Å². The third-order valence-corrected chi connectivity index (χ3v) is 8.27. The number of hydrogen-bond acceptors (Lipinski definition) is 5. The number of hydrogen-bond donors (Lipinski definition) is 2. The predicted octanol–water partition coefficient (Wildman–Crippen LogP) is 1.87. The largest absolute Gasteiger partial charge is 0.370 e. The van der Waals surface area contributed by atoms with Crippen molar-refractivity contribution in [2.24, 2.45) is 11.7 Å². The summed E-state index contributed by atoms with van der Waals surface area (Å²) in [6, 6.07) is 8.10. The summed E-state index contributed by atoms with van der Waals surface area (Å²) in [6.45, 7) is 2.62. The van der Waals surface area contributed by atoms with E-state index in [1.807, 2.05) is 0 Å². The maximum Gasteiger partial charge on any atom is 0.245 e. The fraction of sp³-hybridized carbons (Fsp3) is 0.458. The molecule has 0 bridgehead atoms. The van der Waals surface area contributed by atoms with Crippen LogP contribution in [0.4, 0.5) is 0 Å². The third-order valence-electron chi connectivity index (χ3n) is 6.56. The van der Waals surface area contributed by atoms with Crippen LogP contribution in [0.2, 0.25) is 5.02 Å². The molecule has 188 valence electrons. The maximum absolute atomic E-state index is 13.1. The van der Waals surface area contributed by atoms with Crippen LogP contribution in [0.5, 0.6) is 0 Å². The van der Waals surface area contributed by atoms with Crippen molar-refractivity contribution in [3.63, 3.8) is 0 Å². The first kappa shape index (κ1) is 25.4. The summed E-state index contributed by atoms with van der Waals surface area (Å²) >= 11 is 6.00. The van der Waals surface area contributed by atoms with Crippen LogP contribution in [0.15, 0.2) is 41.3 Å². The van der Waals surface area contributed by atoms with E-state index in [9.17, 15) is 22.8 Å². The molecule has 1 saturated carbocycles. The smallest absolute Gasteiger partial charge is 0.245 e. The molecular weight excluding hydrogens is 492 g/mol. The van der Waals surface area contributed by atoms with Gasteiger partial charge in [-0.1, -0.05) is 23.7 Å². The molecule has 3 amide bonds. The van der Waals surface area contributed by atoms with Gasteiger partial charge in [-0.25, -0.2) is 8.42 Å². The Bertz CT molecular complexity index is 1260. The SMILES string of the molecule is C[C@@H](C(=O)N(CCC(N)=O)CC1CC1)N1CC[C@H](NS(=O)(=O)c2ccc3cc(Cl)ccc3c2)C1=O. The van der Waals surface area contributed by atoms with Crippen LogP contribution >= 0.6 is 11.6 Å². The number of primary amides is 1. The topological polar surface area (TPSA) is 130 Å². The lowest BCUT2D eigenvalue weighted by molar-refractivity contribution is -0.143. The molecule has 11 heteroatoms. The number of sulfonamides is 1. The molecule has 2 aromatic carbocycles. The van der Waals surface area contributed by atoms with E-state index < -0.39 is 33.9 Å². The Morgan fingerprint density at radius 1 is 1.17 bits per heavy atom. The van der Waals surface area contributed by atoms with Crippen LogP contribution in [0.3, 0.4) is 0 Å².